The maximum absolute atomic E-state index is 14.0. The lowest BCUT2D eigenvalue weighted by atomic mass is 9.84. The smallest absolute Gasteiger partial charge is 0.410 e. The Morgan fingerprint density at radius 2 is 1.33 bits per heavy atom. The van der Waals surface area contributed by atoms with Crippen LogP contribution < -0.4 is 0 Å². The number of carbonyl (C=O) groups excluding carboxylic acids is 1. The van der Waals surface area contributed by atoms with E-state index in [4.69, 9.17) is 24.5 Å². The molecule has 17 nitrogen and oxygen atoms in total. The Bertz CT molecular complexity index is 1720. The molecule has 2 aliphatic rings. The molecule has 0 spiro atoms. The summed E-state index contributed by atoms with van der Waals surface area (Å²) in [6.45, 7) is 0.437. The highest BCUT2D eigenvalue weighted by Crippen LogP contribution is 2.34. The number of hydrogen-bond donors (Lipinski definition) is 2. The molecule has 0 radical (unpaired) electrons. The van der Waals surface area contributed by atoms with Crippen LogP contribution in [0.1, 0.15) is 36.0 Å². The van der Waals surface area contributed by atoms with E-state index in [1.54, 1.807) is 4.90 Å². The SMILES string of the molecule is [N-]=[N+]=N[C@H]1C[C@@H](N=[N+]=[N-])[C@H](O)[C@@H](O)[C@@H]1O[C@H]1O[C@H]([C@H](COCc2ccccc2)N(Cc2ccccc2)C(=O)OCc2ccccc2)CC[C@H]1N=[N+]=[N-]. The molecule has 17 heteroatoms. The fourth-order valence-electron chi connectivity index (χ4n) is 6.41. The number of rotatable bonds is 15. The Kier molecular flexibility index (Phi) is 14.1. The topological polar surface area (TPSA) is 244 Å². The third-order valence-electron chi connectivity index (χ3n) is 9.07. The van der Waals surface area contributed by atoms with Crippen LogP contribution in [0.25, 0.3) is 31.3 Å². The molecular formula is C35H40N10O7. The summed E-state index contributed by atoms with van der Waals surface area (Å²) in [6, 6.07) is 24.4. The fourth-order valence-corrected chi connectivity index (χ4v) is 6.41. The van der Waals surface area contributed by atoms with Gasteiger partial charge in [-0.25, -0.2) is 4.79 Å². The number of hydrogen-bond acceptors (Lipinski definition) is 10. The molecular weight excluding hydrogens is 672 g/mol. The van der Waals surface area contributed by atoms with Crippen LogP contribution in [-0.4, -0.2) is 82.7 Å². The van der Waals surface area contributed by atoms with Gasteiger partial charge in [-0.15, -0.1) is 0 Å². The monoisotopic (exact) mass is 712 g/mol. The molecule has 3 aromatic carbocycles. The average Bonchev–Trinajstić information content (AvgIpc) is 3.17. The minimum atomic E-state index is -1.65. The molecule has 1 aliphatic carbocycles. The largest absolute Gasteiger partial charge is 0.445 e. The van der Waals surface area contributed by atoms with E-state index in [9.17, 15) is 26.1 Å². The molecule has 1 heterocycles. The van der Waals surface area contributed by atoms with Crippen molar-refractivity contribution in [1.82, 2.24) is 4.90 Å². The van der Waals surface area contributed by atoms with Crippen molar-refractivity contribution in [2.24, 2.45) is 15.3 Å². The molecule has 2 fully saturated rings. The summed E-state index contributed by atoms with van der Waals surface area (Å²) in [5.74, 6) is 0. The zero-order chi connectivity index (χ0) is 36.7. The van der Waals surface area contributed by atoms with E-state index in [1.807, 2.05) is 91.0 Å². The molecule has 52 heavy (non-hydrogen) atoms. The number of azide groups is 3. The summed E-state index contributed by atoms with van der Waals surface area (Å²) < 4.78 is 24.8. The van der Waals surface area contributed by atoms with Gasteiger partial charge in [0.15, 0.2) is 6.29 Å². The first-order chi connectivity index (χ1) is 25.4. The summed E-state index contributed by atoms with van der Waals surface area (Å²) in [7, 11) is 0. The van der Waals surface area contributed by atoms with E-state index < -0.39 is 61.0 Å². The third kappa shape index (κ3) is 10.1. The Morgan fingerprint density at radius 1 is 0.769 bits per heavy atom. The minimum Gasteiger partial charge on any atom is -0.445 e. The number of ether oxygens (including phenoxy) is 4. The van der Waals surface area contributed by atoms with Gasteiger partial charge in [0.2, 0.25) is 0 Å². The lowest BCUT2D eigenvalue weighted by molar-refractivity contribution is -0.262. The molecule has 0 unspecified atom stereocenters. The van der Waals surface area contributed by atoms with Crippen molar-refractivity contribution in [3.05, 3.63) is 139 Å². The van der Waals surface area contributed by atoms with Crippen molar-refractivity contribution >= 4 is 6.09 Å². The minimum absolute atomic E-state index is 0.0195. The van der Waals surface area contributed by atoms with Gasteiger partial charge in [0.25, 0.3) is 0 Å². The van der Waals surface area contributed by atoms with Crippen molar-refractivity contribution in [2.45, 2.75) is 93.9 Å². The molecule has 0 aromatic heterocycles. The van der Waals surface area contributed by atoms with Crippen molar-refractivity contribution in [2.75, 3.05) is 6.61 Å². The summed E-state index contributed by atoms with van der Waals surface area (Å²) in [5, 5.41) is 33.0. The normalized spacial score (nSPS) is 26.0. The van der Waals surface area contributed by atoms with Crippen LogP contribution in [0.3, 0.4) is 0 Å². The quantitative estimate of drug-likeness (QED) is 0.101. The van der Waals surface area contributed by atoms with E-state index >= 15 is 0 Å². The highest BCUT2D eigenvalue weighted by molar-refractivity contribution is 5.68. The fraction of sp³-hybridized carbons (Fsp3) is 0.457. The van der Waals surface area contributed by atoms with Crippen LogP contribution in [0, 0.1) is 0 Å². The molecule has 2 N–H and O–H groups in total. The second-order valence-corrected chi connectivity index (χ2v) is 12.5. The lowest BCUT2D eigenvalue weighted by Gasteiger charge is -2.45. The number of aliphatic hydroxyl groups excluding tert-OH is 2. The Labute approximate surface area is 299 Å². The van der Waals surface area contributed by atoms with E-state index in [1.165, 1.54) is 0 Å². The molecule has 9 atom stereocenters. The Morgan fingerprint density at radius 3 is 1.94 bits per heavy atom. The van der Waals surface area contributed by atoms with Crippen LogP contribution in [-0.2, 0) is 38.7 Å². The van der Waals surface area contributed by atoms with Crippen LogP contribution in [0.15, 0.2) is 106 Å². The van der Waals surface area contributed by atoms with Gasteiger partial charge >= 0.3 is 6.09 Å². The van der Waals surface area contributed by atoms with Gasteiger partial charge < -0.3 is 29.2 Å². The van der Waals surface area contributed by atoms with Crippen molar-refractivity contribution in [3.8, 4) is 0 Å². The molecule has 1 amide bonds. The van der Waals surface area contributed by atoms with Gasteiger partial charge in [0, 0.05) is 21.3 Å². The molecule has 1 aliphatic heterocycles. The first kappa shape index (κ1) is 37.9. The van der Waals surface area contributed by atoms with Crippen molar-refractivity contribution in [3.63, 3.8) is 0 Å². The van der Waals surface area contributed by atoms with Crippen molar-refractivity contribution < 1.29 is 34.0 Å². The van der Waals surface area contributed by atoms with Crippen LogP contribution in [0.2, 0.25) is 0 Å². The molecule has 1 saturated heterocycles. The molecule has 3 aromatic rings. The molecule has 272 valence electrons. The summed E-state index contributed by atoms with van der Waals surface area (Å²) in [6.07, 6.45) is -6.74. The summed E-state index contributed by atoms with van der Waals surface area (Å²) >= 11 is 0. The van der Waals surface area contributed by atoms with Gasteiger partial charge in [0.05, 0.1) is 55.7 Å². The van der Waals surface area contributed by atoms with E-state index in [2.05, 4.69) is 30.1 Å². The lowest BCUT2D eigenvalue weighted by Crippen LogP contribution is -2.59. The van der Waals surface area contributed by atoms with Crippen molar-refractivity contribution in [1.29, 1.82) is 0 Å². The van der Waals surface area contributed by atoms with Gasteiger partial charge in [-0.3, -0.25) is 4.90 Å². The first-order valence-corrected chi connectivity index (χ1v) is 16.8. The Hall–Kier alpha value is -5.34. The highest BCUT2D eigenvalue weighted by atomic mass is 16.7. The number of aliphatic hydroxyl groups is 2. The number of benzene rings is 3. The van der Waals surface area contributed by atoms with Gasteiger partial charge in [0.1, 0.15) is 12.7 Å². The maximum atomic E-state index is 14.0. The first-order valence-electron chi connectivity index (χ1n) is 16.8. The number of amides is 1. The molecule has 0 bridgehead atoms. The van der Waals surface area contributed by atoms with E-state index in [-0.39, 0.29) is 39.2 Å². The van der Waals surface area contributed by atoms with Crippen LogP contribution >= 0.6 is 0 Å². The van der Waals surface area contributed by atoms with Gasteiger partial charge in [-0.2, -0.15) is 0 Å². The van der Waals surface area contributed by atoms with Crippen LogP contribution in [0.4, 0.5) is 4.79 Å². The average molecular weight is 713 g/mol. The predicted octanol–water partition coefficient (Wildman–Crippen LogP) is 6.46. The van der Waals surface area contributed by atoms with Crippen LogP contribution in [0.5, 0.6) is 0 Å². The van der Waals surface area contributed by atoms with Gasteiger partial charge in [-0.1, -0.05) is 106 Å². The summed E-state index contributed by atoms with van der Waals surface area (Å²) in [5.41, 5.74) is 30.2. The zero-order valence-corrected chi connectivity index (χ0v) is 28.2. The van der Waals surface area contributed by atoms with E-state index in [0.29, 0.717) is 6.42 Å². The second kappa shape index (κ2) is 19.3. The zero-order valence-electron chi connectivity index (χ0n) is 28.2. The highest BCUT2D eigenvalue weighted by Gasteiger charge is 2.47. The molecule has 1 saturated carbocycles. The Balaban J connectivity index is 1.45. The van der Waals surface area contributed by atoms with Gasteiger partial charge in [-0.05, 0) is 52.5 Å². The number of nitrogens with zero attached hydrogens (tertiary/aromatic N) is 10. The summed E-state index contributed by atoms with van der Waals surface area (Å²) in [4.78, 5) is 24.1. The second-order valence-electron chi connectivity index (χ2n) is 12.5. The van der Waals surface area contributed by atoms with E-state index in [0.717, 1.165) is 16.7 Å². The number of carbonyl (C=O) groups is 1. The standard InChI is InChI=1S/C35H40N10O7/c36-42-39-26-16-17-30(51-34(26)52-33-28(41-44-38)18-27(40-43-37)31(46)32(33)47)29(22-49-20-24-12-6-2-7-13-24)45(19-23-10-4-1-5-11-23)35(48)50-21-25-14-8-3-9-15-25/h1-15,26-34,46-47H,16-22H2/t26-,27-,28+,29+,30+,31+,32-,33-,34-/m1/s1. The maximum Gasteiger partial charge on any atom is 0.410 e. The predicted molar refractivity (Wildman–Crippen MR) is 187 cm³/mol. The molecule has 5 rings (SSSR count). The third-order valence-corrected chi connectivity index (χ3v) is 9.07.